The SMILES string of the molecule is CC(C)(O)C(C)(C)OBc1ccc(OCCOC2CCCCO2)c(F)c1. The molecule has 1 aromatic rings. The third kappa shape index (κ3) is 6.23. The van der Waals surface area contributed by atoms with E-state index in [1.165, 1.54) is 6.07 Å². The van der Waals surface area contributed by atoms with E-state index in [-0.39, 0.29) is 26.1 Å². The van der Waals surface area contributed by atoms with Crippen LogP contribution in [0.2, 0.25) is 0 Å². The summed E-state index contributed by atoms with van der Waals surface area (Å²) in [7, 11) is 0.205. The quantitative estimate of drug-likeness (QED) is 0.536. The van der Waals surface area contributed by atoms with Crippen molar-refractivity contribution in [3.63, 3.8) is 0 Å². The van der Waals surface area contributed by atoms with Gasteiger partial charge in [0.1, 0.15) is 6.61 Å². The molecule has 1 N–H and O–H groups in total. The van der Waals surface area contributed by atoms with Gasteiger partial charge in [-0.3, -0.25) is 0 Å². The van der Waals surface area contributed by atoms with E-state index in [1.807, 2.05) is 0 Å². The number of rotatable bonds is 9. The van der Waals surface area contributed by atoms with E-state index in [1.54, 1.807) is 39.8 Å². The average molecular weight is 368 g/mol. The summed E-state index contributed by atoms with van der Waals surface area (Å²) < 4.78 is 36.4. The van der Waals surface area contributed by atoms with Crippen LogP contribution in [0.1, 0.15) is 47.0 Å². The standard InChI is InChI=1S/C19H30BFO5/c1-18(2,22)19(3,4)26-20-14-8-9-16(15(21)13-14)23-11-12-25-17-7-5-6-10-24-17/h8-9,13,17,20,22H,5-7,10-12H2,1-4H3. The normalized spacial score (nSPS) is 18.6. The minimum atomic E-state index is -1.00. The predicted molar refractivity (Wildman–Crippen MR) is 99.7 cm³/mol. The molecule has 0 saturated carbocycles. The van der Waals surface area contributed by atoms with Gasteiger partial charge in [0.2, 0.25) is 0 Å². The van der Waals surface area contributed by atoms with Crippen LogP contribution in [0.4, 0.5) is 4.39 Å². The Morgan fingerprint density at radius 3 is 2.62 bits per heavy atom. The molecule has 0 radical (unpaired) electrons. The molecule has 0 bridgehead atoms. The Morgan fingerprint density at radius 2 is 2.00 bits per heavy atom. The fourth-order valence-electron chi connectivity index (χ4n) is 2.37. The maximum Gasteiger partial charge on any atom is 0.309 e. The van der Waals surface area contributed by atoms with Gasteiger partial charge in [0.15, 0.2) is 17.9 Å². The van der Waals surface area contributed by atoms with Gasteiger partial charge in [-0.25, -0.2) is 4.39 Å². The molecule has 1 heterocycles. The molecule has 26 heavy (non-hydrogen) atoms. The second kappa shape index (κ2) is 9.17. The lowest BCUT2D eigenvalue weighted by Crippen LogP contribution is -2.49. The summed E-state index contributed by atoms with van der Waals surface area (Å²) in [5.74, 6) is -0.259. The first-order chi connectivity index (χ1) is 12.2. The van der Waals surface area contributed by atoms with Crippen molar-refractivity contribution >= 4 is 12.9 Å². The number of benzene rings is 1. The fourth-order valence-corrected chi connectivity index (χ4v) is 2.37. The number of hydrogen-bond donors (Lipinski definition) is 1. The van der Waals surface area contributed by atoms with E-state index in [0.717, 1.165) is 25.9 Å². The number of aliphatic hydroxyl groups is 1. The Hall–Kier alpha value is -1.15. The molecule has 1 fully saturated rings. The Labute approximate surface area is 156 Å². The maximum atomic E-state index is 14.2. The van der Waals surface area contributed by atoms with Crippen molar-refractivity contribution in [2.45, 2.75) is 64.4 Å². The molecule has 1 saturated heterocycles. The van der Waals surface area contributed by atoms with Gasteiger partial charge in [-0.1, -0.05) is 6.07 Å². The van der Waals surface area contributed by atoms with Crippen molar-refractivity contribution in [2.75, 3.05) is 19.8 Å². The summed E-state index contributed by atoms with van der Waals surface area (Å²) in [6, 6.07) is 4.73. The molecule has 1 aliphatic rings. The van der Waals surface area contributed by atoms with Crippen molar-refractivity contribution in [3.8, 4) is 5.75 Å². The minimum absolute atomic E-state index is 0.171. The summed E-state index contributed by atoms with van der Waals surface area (Å²) in [6.45, 7) is 8.32. The summed E-state index contributed by atoms with van der Waals surface area (Å²) in [5, 5.41) is 10.1. The molecule has 1 atom stereocenters. The molecule has 1 aliphatic heterocycles. The topological polar surface area (TPSA) is 57.2 Å². The van der Waals surface area contributed by atoms with E-state index in [2.05, 4.69) is 0 Å². The van der Waals surface area contributed by atoms with E-state index in [9.17, 15) is 9.50 Å². The lowest BCUT2D eigenvalue weighted by atomic mass is 9.82. The second-order valence-electron chi connectivity index (χ2n) is 7.64. The van der Waals surface area contributed by atoms with Gasteiger partial charge in [-0.2, -0.15) is 0 Å². The largest absolute Gasteiger partial charge is 0.488 e. The van der Waals surface area contributed by atoms with Gasteiger partial charge in [0.25, 0.3) is 0 Å². The van der Waals surface area contributed by atoms with Crippen LogP contribution in [0.5, 0.6) is 5.75 Å². The Bertz CT molecular complexity index is 568. The van der Waals surface area contributed by atoms with Crippen LogP contribution in [0.3, 0.4) is 0 Å². The van der Waals surface area contributed by atoms with E-state index >= 15 is 0 Å². The fraction of sp³-hybridized carbons (Fsp3) is 0.684. The zero-order valence-electron chi connectivity index (χ0n) is 16.2. The molecule has 7 heteroatoms. The highest BCUT2D eigenvalue weighted by molar-refractivity contribution is 6.47. The highest BCUT2D eigenvalue weighted by Gasteiger charge is 2.35. The molecule has 2 rings (SSSR count). The summed E-state index contributed by atoms with van der Waals surface area (Å²) in [4.78, 5) is 0. The van der Waals surface area contributed by atoms with Gasteiger partial charge in [-0.05, 0) is 64.6 Å². The van der Waals surface area contributed by atoms with Crippen LogP contribution in [0.15, 0.2) is 18.2 Å². The van der Waals surface area contributed by atoms with Gasteiger partial charge in [0, 0.05) is 6.61 Å². The molecular formula is C19H30BFO5. The highest BCUT2D eigenvalue weighted by atomic mass is 19.1. The molecule has 0 spiro atoms. The van der Waals surface area contributed by atoms with Crippen molar-refractivity contribution in [1.29, 1.82) is 0 Å². The molecule has 1 unspecified atom stereocenters. The maximum absolute atomic E-state index is 14.2. The summed E-state index contributed by atoms with van der Waals surface area (Å²) >= 11 is 0. The predicted octanol–water partition coefficient (Wildman–Crippen LogP) is 2.29. The van der Waals surface area contributed by atoms with Crippen LogP contribution in [0.25, 0.3) is 0 Å². The minimum Gasteiger partial charge on any atom is -0.488 e. The Morgan fingerprint density at radius 1 is 1.23 bits per heavy atom. The van der Waals surface area contributed by atoms with Crippen molar-refractivity contribution in [1.82, 2.24) is 0 Å². The second-order valence-corrected chi connectivity index (χ2v) is 7.64. The zero-order valence-corrected chi connectivity index (χ0v) is 16.2. The van der Waals surface area contributed by atoms with E-state index in [0.29, 0.717) is 12.1 Å². The molecule has 1 aromatic carbocycles. The first kappa shape index (κ1) is 21.2. The molecule has 5 nitrogen and oxygen atoms in total. The summed E-state index contributed by atoms with van der Waals surface area (Å²) in [6.07, 6.45) is 2.90. The van der Waals surface area contributed by atoms with Gasteiger partial charge in [-0.15, -0.1) is 0 Å². The van der Waals surface area contributed by atoms with E-state index in [4.69, 9.17) is 18.9 Å². The van der Waals surface area contributed by atoms with Crippen LogP contribution in [-0.4, -0.2) is 49.9 Å². The Kier molecular flexibility index (Phi) is 7.47. The third-order valence-electron chi connectivity index (χ3n) is 4.85. The van der Waals surface area contributed by atoms with Crippen molar-refractivity contribution < 1.29 is 28.4 Å². The third-order valence-corrected chi connectivity index (χ3v) is 4.85. The smallest absolute Gasteiger partial charge is 0.309 e. The zero-order chi connectivity index (χ0) is 19.2. The molecule has 146 valence electrons. The first-order valence-corrected chi connectivity index (χ1v) is 9.20. The molecular weight excluding hydrogens is 338 g/mol. The van der Waals surface area contributed by atoms with E-state index < -0.39 is 17.0 Å². The van der Waals surface area contributed by atoms with Crippen LogP contribution in [0, 0.1) is 5.82 Å². The lowest BCUT2D eigenvalue weighted by molar-refractivity contribution is -0.165. The monoisotopic (exact) mass is 368 g/mol. The van der Waals surface area contributed by atoms with Crippen LogP contribution in [-0.2, 0) is 14.1 Å². The molecule has 0 aromatic heterocycles. The summed E-state index contributed by atoms with van der Waals surface area (Å²) in [5.41, 5.74) is -1.08. The average Bonchev–Trinajstić information content (AvgIpc) is 2.58. The molecule has 0 aliphatic carbocycles. The van der Waals surface area contributed by atoms with Gasteiger partial charge >= 0.3 is 7.48 Å². The molecule has 0 amide bonds. The number of hydrogen-bond acceptors (Lipinski definition) is 5. The Balaban J connectivity index is 1.77. The number of halogens is 1. The van der Waals surface area contributed by atoms with Crippen LogP contribution < -0.4 is 10.2 Å². The first-order valence-electron chi connectivity index (χ1n) is 9.20. The lowest BCUT2D eigenvalue weighted by Gasteiger charge is -2.37. The van der Waals surface area contributed by atoms with Gasteiger partial charge in [0.05, 0.1) is 17.8 Å². The van der Waals surface area contributed by atoms with Crippen molar-refractivity contribution in [2.24, 2.45) is 0 Å². The number of ether oxygens (including phenoxy) is 3. The van der Waals surface area contributed by atoms with Crippen LogP contribution >= 0.6 is 0 Å². The van der Waals surface area contributed by atoms with Gasteiger partial charge < -0.3 is 24.0 Å². The highest BCUT2D eigenvalue weighted by Crippen LogP contribution is 2.24. The van der Waals surface area contributed by atoms with Crippen molar-refractivity contribution in [3.05, 3.63) is 24.0 Å².